The minimum Gasteiger partial charge on any atom is -0.309 e. The molecule has 0 saturated heterocycles. The van der Waals surface area contributed by atoms with Gasteiger partial charge in [-0.25, -0.2) is 9.97 Å². The highest BCUT2D eigenvalue weighted by Gasteiger charge is 2.22. The molecule has 252 valence electrons. The standard InChI is InChI=1S/C50H32N4/c1-3-14-33(15-4-1)34-26-28-35(29-27-34)37-18-13-19-38(32-37)53-43-24-11-8-21-40(43)47-45(53)30-31-46-48(47)41-22-9-12-25-44(41)54(46)50-51-42-23-10-7-20-39(42)49(52-50)36-16-5-2-6-17-36/h1-32H. The highest BCUT2D eigenvalue weighted by molar-refractivity contribution is 6.28. The van der Waals surface area contributed by atoms with E-state index in [1.807, 2.05) is 12.1 Å². The number of aromatic nitrogens is 4. The highest BCUT2D eigenvalue weighted by Crippen LogP contribution is 2.42. The molecular formula is C50H32N4. The smallest absolute Gasteiger partial charge is 0.235 e. The lowest BCUT2D eigenvalue weighted by atomic mass is 10.00. The minimum atomic E-state index is 0.660. The van der Waals surface area contributed by atoms with E-state index >= 15 is 0 Å². The Morgan fingerprint density at radius 2 is 0.815 bits per heavy atom. The Labute approximate surface area is 311 Å². The van der Waals surface area contributed by atoms with Crippen molar-refractivity contribution in [3.05, 3.63) is 194 Å². The van der Waals surface area contributed by atoms with Crippen molar-refractivity contribution >= 4 is 54.5 Å². The van der Waals surface area contributed by atoms with Crippen molar-refractivity contribution in [2.24, 2.45) is 0 Å². The van der Waals surface area contributed by atoms with Crippen LogP contribution in [0.2, 0.25) is 0 Å². The maximum atomic E-state index is 5.32. The van der Waals surface area contributed by atoms with Crippen molar-refractivity contribution in [1.82, 2.24) is 19.1 Å². The molecule has 11 rings (SSSR count). The van der Waals surface area contributed by atoms with Gasteiger partial charge in [0, 0.05) is 38.2 Å². The Morgan fingerprint density at radius 1 is 0.315 bits per heavy atom. The molecule has 0 spiro atoms. The number of para-hydroxylation sites is 3. The lowest BCUT2D eigenvalue weighted by Gasteiger charge is -2.12. The maximum Gasteiger partial charge on any atom is 0.235 e. The molecule has 11 aromatic rings. The van der Waals surface area contributed by atoms with Crippen LogP contribution >= 0.6 is 0 Å². The molecule has 0 amide bonds. The third-order valence-electron chi connectivity index (χ3n) is 10.7. The molecule has 0 aliphatic carbocycles. The first-order chi connectivity index (χ1) is 26.8. The molecule has 0 radical (unpaired) electrons. The van der Waals surface area contributed by atoms with E-state index in [2.05, 4.69) is 191 Å². The van der Waals surface area contributed by atoms with Crippen LogP contribution in [0.3, 0.4) is 0 Å². The monoisotopic (exact) mass is 688 g/mol. The Hall–Kier alpha value is -7.30. The summed E-state index contributed by atoms with van der Waals surface area (Å²) < 4.78 is 4.66. The van der Waals surface area contributed by atoms with E-state index in [1.165, 1.54) is 49.3 Å². The van der Waals surface area contributed by atoms with Crippen molar-refractivity contribution in [3.63, 3.8) is 0 Å². The van der Waals surface area contributed by atoms with Crippen LogP contribution in [-0.2, 0) is 0 Å². The van der Waals surface area contributed by atoms with Gasteiger partial charge in [-0.3, -0.25) is 4.57 Å². The van der Waals surface area contributed by atoms with E-state index in [-0.39, 0.29) is 0 Å². The van der Waals surface area contributed by atoms with Crippen LogP contribution in [0, 0.1) is 0 Å². The van der Waals surface area contributed by atoms with Gasteiger partial charge in [0.15, 0.2) is 0 Å². The fourth-order valence-corrected chi connectivity index (χ4v) is 8.30. The van der Waals surface area contributed by atoms with Crippen LogP contribution in [0.5, 0.6) is 0 Å². The zero-order valence-corrected chi connectivity index (χ0v) is 29.3. The van der Waals surface area contributed by atoms with Gasteiger partial charge in [-0.15, -0.1) is 0 Å². The summed E-state index contributed by atoms with van der Waals surface area (Å²) in [6.07, 6.45) is 0. The van der Waals surface area contributed by atoms with Crippen molar-refractivity contribution in [1.29, 1.82) is 0 Å². The Morgan fingerprint density at radius 3 is 1.50 bits per heavy atom. The van der Waals surface area contributed by atoms with Gasteiger partial charge in [-0.05, 0) is 64.7 Å². The molecule has 3 aromatic heterocycles. The van der Waals surface area contributed by atoms with E-state index in [0.717, 1.165) is 44.4 Å². The average molecular weight is 689 g/mol. The van der Waals surface area contributed by atoms with Gasteiger partial charge in [-0.2, -0.15) is 0 Å². The molecule has 0 fully saturated rings. The molecular weight excluding hydrogens is 657 g/mol. The Kier molecular flexibility index (Phi) is 6.82. The van der Waals surface area contributed by atoms with Crippen LogP contribution in [-0.4, -0.2) is 19.1 Å². The summed E-state index contributed by atoms with van der Waals surface area (Å²) in [5, 5.41) is 5.84. The molecule has 0 atom stereocenters. The second kappa shape index (κ2) is 12.1. The summed E-state index contributed by atoms with van der Waals surface area (Å²) in [5.74, 6) is 0.660. The van der Waals surface area contributed by atoms with Crippen LogP contribution in [0.15, 0.2) is 194 Å². The first-order valence-electron chi connectivity index (χ1n) is 18.3. The third-order valence-corrected chi connectivity index (χ3v) is 10.7. The Balaban J connectivity index is 1.14. The van der Waals surface area contributed by atoms with Crippen molar-refractivity contribution in [3.8, 4) is 45.1 Å². The van der Waals surface area contributed by atoms with E-state index in [0.29, 0.717) is 5.95 Å². The summed E-state index contributed by atoms with van der Waals surface area (Å²) in [7, 11) is 0. The average Bonchev–Trinajstić information content (AvgIpc) is 3.77. The zero-order chi connectivity index (χ0) is 35.6. The van der Waals surface area contributed by atoms with Crippen LogP contribution in [0.1, 0.15) is 0 Å². The van der Waals surface area contributed by atoms with E-state index in [4.69, 9.17) is 9.97 Å². The number of benzene rings is 8. The summed E-state index contributed by atoms with van der Waals surface area (Å²) >= 11 is 0. The number of nitrogens with zero attached hydrogens (tertiary/aromatic N) is 4. The van der Waals surface area contributed by atoms with Crippen molar-refractivity contribution in [2.45, 2.75) is 0 Å². The van der Waals surface area contributed by atoms with Gasteiger partial charge in [0.05, 0.1) is 33.3 Å². The number of hydrogen-bond donors (Lipinski definition) is 0. The van der Waals surface area contributed by atoms with Crippen LogP contribution < -0.4 is 0 Å². The van der Waals surface area contributed by atoms with Gasteiger partial charge in [-0.1, -0.05) is 152 Å². The first-order valence-corrected chi connectivity index (χ1v) is 18.3. The van der Waals surface area contributed by atoms with Crippen LogP contribution in [0.4, 0.5) is 0 Å². The van der Waals surface area contributed by atoms with E-state index < -0.39 is 0 Å². The van der Waals surface area contributed by atoms with E-state index in [9.17, 15) is 0 Å². The second-order valence-electron chi connectivity index (χ2n) is 13.8. The molecule has 0 saturated carbocycles. The lowest BCUT2D eigenvalue weighted by Crippen LogP contribution is -2.03. The summed E-state index contributed by atoms with van der Waals surface area (Å²) in [6.45, 7) is 0. The fourth-order valence-electron chi connectivity index (χ4n) is 8.30. The van der Waals surface area contributed by atoms with Crippen molar-refractivity contribution < 1.29 is 0 Å². The number of hydrogen-bond acceptors (Lipinski definition) is 2. The lowest BCUT2D eigenvalue weighted by molar-refractivity contribution is 1.01. The predicted octanol–water partition coefficient (Wildman–Crippen LogP) is 12.8. The molecule has 3 heterocycles. The summed E-state index contributed by atoms with van der Waals surface area (Å²) in [4.78, 5) is 10.5. The zero-order valence-electron chi connectivity index (χ0n) is 29.3. The van der Waals surface area contributed by atoms with E-state index in [1.54, 1.807) is 0 Å². The molecule has 4 heteroatoms. The van der Waals surface area contributed by atoms with Crippen molar-refractivity contribution in [2.75, 3.05) is 0 Å². The highest BCUT2D eigenvalue weighted by atomic mass is 15.2. The largest absolute Gasteiger partial charge is 0.309 e. The van der Waals surface area contributed by atoms with Crippen LogP contribution in [0.25, 0.3) is 99.7 Å². The SMILES string of the molecule is c1ccc(-c2ccc(-c3cccc(-n4c5ccccc5c5c6c7ccccc7n(-c7nc(-c8ccccc8)c8ccccc8n7)c6ccc54)c3)cc2)cc1. The fraction of sp³-hybridized carbons (Fsp3) is 0. The maximum absolute atomic E-state index is 5.32. The van der Waals surface area contributed by atoms with Gasteiger partial charge < -0.3 is 4.57 Å². The number of rotatable bonds is 5. The molecule has 0 bridgehead atoms. The molecule has 0 unspecified atom stereocenters. The minimum absolute atomic E-state index is 0.660. The summed E-state index contributed by atoms with van der Waals surface area (Å²) in [5.41, 5.74) is 13.3. The molecule has 0 aliphatic heterocycles. The van der Waals surface area contributed by atoms with Gasteiger partial charge in [0.25, 0.3) is 0 Å². The normalized spacial score (nSPS) is 11.7. The van der Waals surface area contributed by atoms with Gasteiger partial charge >= 0.3 is 0 Å². The first kappa shape index (κ1) is 30.3. The third kappa shape index (κ3) is 4.70. The molecule has 0 aliphatic rings. The number of fused-ring (bicyclic) bond motifs is 8. The molecule has 0 N–H and O–H groups in total. The molecule has 54 heavy (non-hydrogen) atoms. The Bertz CT molecular complexity index is 3190. The van der Waals surface area contributed by atoms with Gasteiger partial charge in [0.1, 0.15) is 0 Å². The van der Waals surface area contributed by atoms with Gasteiger partial charge in [0.2, 0.25) is 5.95 Å². The molecule has 4 nitrogen and oxygen atoms in total. The summed E-state index contributed by atoms with van der Waals surface area (Å²) in [6, 6.07) is 69.0. The second-order valence-corrected chi connectivity index (χ2v) is 13.8. The molecule has 8 aromatic carbocycles. The quantitative estimate of drug-likeness (QED) is 0.180. The predicted molar refractivity (Wildman–Crippen MR) is 225 cm³/mol. The topological polar surface area (TPSA) is 35.6 Å².